The molecule has 0 aliphatic carbocycles. The molecular weight excluding hydrogens is 359 g/mol. The number of hydrogen-bond acceptors (Lipinski definition) is 2. The van der Waals surface area contributed by atoms with E-state index in [1.54, 1.807) is 6.07 Å². The normalized spacial score (nSPS) is 15.2. The Morgan fingerprint density at radius 3 is 2.78 bits per heavy atom. The Bertz CT molecular complexity index is 796. The van der Waals surface area contributed by atoms with E-state index in [0.29, 0.717) is 22.2 Å². The molecule has 1 heterocycles. The highest BCUT2D eigenvalue weighted by molar-refractivity contribution is 9.10. The summed E-state index contributed by atoms with van der Waals surface area (Å²) in [6.07, 6.45) is 0.171. The molecule has 0 radical (unpaired) electrons. The Hall–Kier alpha value is -1.68. The molecule has 1 aliphatic rings. The number of ether oxygens (including phenoxy) is 1. The highest BCUT2D eigenvalue weighted by Gasteiger charge is 2.32. The van der Waals surface area contributed by atoms with Crippen molar-refractivity contribution in [1.82, 2.24) is 0 Å². The van der Waals surface area contributed by atoms with Crippen LogP contribution in [0.2, 0.25) is 0 Å². The molecule has 0 aromatic heterocycles. The number of Topliss-reactive ketones (excluding diaryl/α,β-unsaturated/α-hetero) is 1. The highest BCUT2D eigenvalue weighted by Crippen LogP contribution is 2.38. The molecule has 4 heteroatoms. The van der Waals surface area contributed by atoms with Gasteiger partial charge in [-0.1, -0.05) is 41.9 Å². The second-order valence-electron chi connectivity index (χ2n) is 6.66. The van der Waals surface area contributed by atoms with Gasteiger partial charge in [0.2, 0.25) is 0 Å². The molecule has 0 N–H and O–H groups in total. The van der Waals surface area contributed by atoms with Crippen LogP contribution in [0.5, 0.6) is 5.75 Å². The first kappa shape index (κ1) is 16.2. The monoisotopic (exact) mass is 376 g/mol. The standard InChI is InChI=1S/C19H18BrFO2/c1-11-13(6-14(21)9-16(11)20)7-17(22)12-4-5-15-18(8-12)23-10-19(15,2)3/h4-6,8-9H,7,10H2,1-3H3. The van der Waals surface area contributed by atoms with Crippen LogP contribution in [0.15, 0.2) is 34.8 Å². The van der Waals surface area contributed by atoms with Crippen molar-refractivity contribution in [2.75, 3.05) is 6.61 Å². The lowest BCUT2D eigenvalue weighted by Crippen LogP contribution is -2.18. The SMILES string of the molecule is Cc1c(Br)cc(F)cc1CC(=O)c1ccc2c(c1)OCC2(C)C. The average Bonchev–Trinajstić information content (AvgIpc) is 2.79. The predicted octanol–water partition coefficient (Wildman–Crippen LogP) is 4.99. The number of halogens is 2. The van der Waals surface area contributed by atoms with Gasteiger partial charge in [-0.15, -0.1) is 0 Å². The summed E-state index contributed by atoms with van der Waals surface area (Å²) in [4.78, 5) is 12.6. The molecule has 23 heavy (non-hydrogen) atoms. The average molecular weight is 377 g/mol. The van der Waals surface area contributed by atoms with Crippen LogP contribution < -0.4 is 4.74 Å². The molecule has 0 unspecified atom stereocenters. The summed E-state index contributed by atoms with van der Waals surface area (Å²) in [6.45, 7) is 6.73. The molecule has 2 aromatic carbocycles. The van der Waals surface area contributed by atoms with E-state index < -0.39 is 0 Å². The maximum Gasteiger partial charge on any atom is 0.167 e. The van der Waals surface area contributed by atoms with Crippen molar-refractivity contribution >= 4 is 21.7 Å². The van der Waals surface area contributed by atoms with Crippen LogP contribution in [0.25, 0.3) is 0 Å². The summed E-state index contributed by atoms with van der Waals surface area (Å²) < 4.78 is 19.9. The molecule has 0 fully saturated rings. The van der Waals surface area contributed by atoms with E-state index in [1.165, 1.54) is 12.1 Å². The Kier molecular flexibility index (Phi) is 4.05. The summed E-state index contributed by atoms with van der Waals surface area (Å²) in [5, 5.41) is 0. The minimum atomic E-state index is -0.343. The third kappa shape index (κ3) is 3.05. The van der Waals surface area contributed by atoms with Crippen molar-refractivity contribution < 1.29 is 13.9 Å². The van der Waals surface area contributed by atoms with E-state index in [2.05, 4.69) is 29.8 Å². The summed E-state index contributed by atoms with van der Waals surface area (Å²) in [6, 6.07) is 8.43. The summed E-state index contributed by atoms with van der Waals surface area (Å²) in [5.41, 5.74) is 3.28. The van der Waals surface area contributed by atoms with Gasteiger partial charge in [-0.2, -0.15) is 0 Å². The molecular formula is C19H18BrFO2. The molecule has 0 bridgehead atoms. The minimum absolute atomic E-state index is 0.0269. The lowest BCUT2D eigenvalue weighted by Gasteiger charge is -2.15. The van der Waals surface area contributed by atoms with Gasteiger partial charge in [0.05, 0.1) is 6.61 Å². The number of carbonyl (C=O) groups excluding carboxylic acids is 1. The predicted molar refractivity (Wildman–Crippen MR) is 91.8 cm³/mol. The van der Waals surface area contributed by atoms with Crippen LogP contribution in [-0.2, 0) is 11.8 Å². The summed E-state index contributed by atoms with van der Waals surface area (Å²) in [5.74, 6) is 0.393. The molecule has 0 saturated carbocycles. The zero-order valence-corrected chi connectivity index (χ0v) is 15.0. The van der Waals surface area contributed by atoms with Crippen molar-refractivity contribution in [1.29, 1.82) is 0 Å². The van der Waals surface area contributed by atoms with Crippen molar-refractivity contribution in [3.05, 3.63) is 62.9 Å². The second-order valence-corrected chi connectivity index (χ2v) is 7.51. The molecule has 0 saturated heterocycles. The van der Waals surface area contributed by atoms with E-state index in [4.69, 9.17) is 4.74 Å². The summed E-state index contributed by atoms with van der Waals surface area (Å²) in [7, 11) is 0. The van der Waals surface area contributed by atoms with E-state index in [-0.39, 0.29) is 23.4 Å². The van der Waals surface area contributed by atoms with Gasteiger partial charge in [-0.05, 0) is 36.2 Å². The first-order valence-corrected chi connectivity index (χ1v) is 8.32. The molecule has 1 aliphatic heterocycles. The van der Waals surface area contributed by atoms with E-state index in [9.17, 15) is 9.18 Å². The Balaban J connectivity index is 1.88. The van der Waals surface area contributed by atoms with Gasteiger partial charge in [0, 0.05) is 27.4 Å². The van der Waals surface area contributed by atoms with Gasteiger partial charge >= 0.3 is 0 Å². The molecule has 0 spiro atoms. The van der Waals surface area contributed by atoms with Crippen molar-refractivity contribution in [3.63, 3.8) is 0 Å². The third-order valence-electron chi connectivity index (χ3n) is 4.39. The fraction of sp³-hybridized carbons (Fsp3) is 0.316. The van der Waals surface area contributed by atoms with Crippen LogP contribution >= 0.6 is 15.9 Å². The van der Waals surface area contributed by atoms with Crippen LogP contribution in [0, 0.1) is 12.7 Å². The van der Waals surface area contributed by atoms with Crippen LogP contribution in [0.3, 0.4) is 0 Å². The Morgan fingerprint density at radius 2 is 2.04 bits per heavy atom. The topological polar surface area (TPSA) is 26.3 Å². The number of carbonyl (C=O) groups is 1. The third-order valence-corrected chi connectivity index (χ3v) is 5.21. The number of ketones is 1. The molecule has 2 aromatic rings. The number of fused-ring (bicyclic) bond motifs is 1. The van der Waals surface area contributed by atoms with Crippen LogP contribution in [-0.4, -0.2) is 12.4 Å². The quantitative estimate of drug-likeness (QED) is 0.705. The fourth-order valence-electron chi connectivity index (χ4n) is 2.87. The lowest BCUT2D eigenvalue weighted by molar-refractivity contribution is 0.0992. The van der Waals surface area contributed by atoms with E-state index >= 15 is 0 Å². The van der Waals surface area contributed by atoms with Crippen LogP contribution in [0.1, 0.15) is 40.9 Å². The van der Waals surface area contributed by atoms with Crippen molar-refractivity contribution in [3.8, 4) is 5.75 Å². The molecule has 120 valence electrons. The maximum absolute atomic E-state index is 13.6. The summed E-state index contributed by atoms with van der Waals surface area (Å²) >= 11 is 3.32. The van der Waals surface area contributed by atoms with Crippen LogP contribution in [0.4, 0.5) is 4.39 Å². The number of hydrogen-bond donors (Lipinski definition) is 0. The minimum Gasteiger partial charge on any atom is -0.492 e. The molecule has 3 rings (SSSR count). The molecule has 0 amide bonds. The smallest absolute Gasteiger partial charge is 0.167 e. The van der Waals surface area contributed by atoms with Gasteiger partial charge in [0.1, 0.15) is 11.6 Å². The molecule has 2 nitrogen and oxygen atoms in total. The van der Waals surface area contributed by atoms with Gasteiger partial charge < -0.3 is 4.74 Å². The number of rotatable bonds is 3. The van der Waals surface area contributed by atoms with Gasteiger partial charge in [-0.3, -0.25) is 4.79 Å². The number of benzene rings is 2. The first-order valence-electron chi connectivity index (χ1n) is 7.53. The van der Waals surface area contributed by atoms with E-state index in [1.807, 2.05) is 19.1 Å². The highest BCUT2D eigenvalue weighted by atomic mass is 79.9. The zero-order chi connectivity index (χ0) is 16.8. The van der Waals surface area contributed by atoms with Gasteiger partial charge in [0.15, 0.2) is 5.78 Å². The van der Waals surface area contributed by atoms with Crippen molar-refractivity contribution in [2.24, 2.45) is 0 Å². The van der Waals surface area contributed by atoms with Gasteiger partial charge in [0.25, 0.3) is 0 Å². The Labute approximate surface area is 143 Å². The van der Waals surface area contributed by atoms with E-state index in [0.717, 1.165) is 16.9 Å². The largest absolute Gasteiger partial charge is 0.492 e. The Morgan fingerprint density at radius 1 is 1.30 bits per heavy atom. The molecule has 0 atom stereocenters. The maximum atomic E-state index is 13.6. The zero-order valence-electron chi connectivity index (χ0n) is 13.4. The second kappa shape index (κ2) is 5.75. The first-order chi connectivity index (χ1) is 10.8. The van der Waals surface area contributed by atoms with Gasteiger partial charge in [-0.25, -0.2) is 4.39 Å². The fourth-order valence-corrected chi connectivity index (χ4v) is 3.34. The lowest BCUT2D eigenvalue weighted by atomic mass is 9.86. The van der Waals surface area contributed by atoms with Crippen molar-refractivity contribution in [2.45, 2.75) is 32.6 Å².